The second kappa shape index (κ2) is 5.01. The Balaban J connectivity index is 1.97. The predicted molar refractivity (Wildman–Crippen MR) is 76.4 cm³/mol. The third-order valence-electron chi connectivity index (χ3n) is 2.90. The zero-order valence-corrected chi connectivity index (χ0v) is 11.7. The number of fused-ring (bicyclic) bond motifs is 1. The summed E-state index contributed by atoms with van der Waals surface area (Å²) in [5.74, 6) is 0.904. The maximum absolute atomic E-state index is 4.67. The maximum Gasteiger partial charge on any atom is 0.214 e. The Morgan fingerprint density at radius 1 is 1.21 bits per heavy atom. The van der Waals surface area contributed by atoms with E-state index in [1.807, 2.05) is 18.2 Å². The topological polar surface area (TPSA) is 54.5 Å². The number of rotatable bonds is 3. The average molecular weight is 270 g/mol. The van der Waals surface area contributed by atoms with E-state index in [2.05, 4.69) is 46.1 Å². The first-order valence-corrected chi connectivity index (χ1v) is 7.03. The molecule has 0 aliphatic rings. The highest BCUT2D eigenvalue weighted by molar-refractivity contribution is 7.99. The number of nitrogens with zero attached hydrogens (tertiary/aromatic N) is 3. The Morgan fingerprint density at radius 3 is 2.84 bits per heavy atom. The molecule has 19 heavy (non-hydrogen) atoms. The van der Waals surface area contributed by atoms with Crippen molar-refractivity contribution in [2.24, 2.45) is 0 Å². The highest BCUT2D eigenvalue weighted by Crippen LogP contribution is 2.28. The summed E-state index contributed by atoms with van der Waals surface area (Å²) in [5.41, 5.74) is 2.15. The molecule has 1 aromatic carbocycles. The summed E-state index contributed by atoms with van der Waals surface area (Å²) in [6.07, 6.45) is 0.859. The van der Waals surface area contributed by atoms with Crippen LogP contribution in [0.2, 0.25) is 0 Å². The molecule has 2 heterocycles. The molecule has 0 spiro atoms. The van der Waals surface area contributed by atoms with Gasteiger partial charge in [0.05, 0.1) is 5.52 Å². The van der Waals surface area contributed by atoms with Crippen LogP contribution in [0.3, 0.4) is 0 Å². The lowest BCUT2D eigenvalue weighted by molar-refractivity contribution is 0.940. The summed E-state index contributed by atoms with van der Waals surface area (Å²) in [5, 5.41) is 9.96. The van der Waals surface area contributed by atoms with Gasteiger partial charge in [0.2, 0.25) is 5.16 Å². The number of aromatic nitrogens is 4. The number of nitrogens with one attached hydrogen (secondary N) is 1. The van der Waals surface area contributed by atoms with Crippen molar-refractivity contribution in [3.05, 3.63) is 41.7 Å². The maximum atomic E-state index is 4.67. The minimum absolute atomic E-state index is 0.725. The molecule has 96 valence electrons. The lowest BCUT2D eigenvalue weighted by atomic mass is 10.2. The Labute approximate surface area is 115 Å². The van der Waals surface area contributed by atoms with Crippen molar-refractivity contribution in [2.45, 2.75) is 30.5 Å². The SMILES string of the molecule is CCc1nc(Sc2nc3ccccc3cc2C)n[nH]1. The Morgan fingerprint density at radius 2 is 2.05 bits per heavy atom. The molecule has 4 nitrogen and oxygen atoms in total. The van der Waals surface area contributed by atoms with Crippen molar-refractivity contribution in [3.63, 3.8) is 0 Å². The molecule has 0 fully saturated rings. The van der Waals surface area contributed by atoms with E-state index in [-0.39, 0.29) is 0 Å². The zero-order chi connectivity index (χ0) is 13.2. The van der Waals surface area contributed by atoms with Crippen LogP contribution < -0.4 is 0 Å². The standard InChI is InChI=1S/C14H14N4S/c1-3-12-16-14(18-17-12)19-13-9(2)8-10-6-4-5-7-11(10)15-13/h4-8H,3H2,1-2H3,(H,16,17,18). The average Bonchev–Trinajstić information content (AvgIpc) is 2.87. The fourth-order valence-electron chi connectivity index (χ4n) is 1.88. The first-order valence-electron chi connectivity index (χ1n) is 6.22. The van der Waals surface area contributed by atoms with Gasteiger partial charge in [0, 0.05) is 11.8 Å². The quantitative estimate of drug-likeness (QED) is 0.792. The molecule has 0 bridgehead atoms. The first kappa shape index (κ1) is 12.2. The van der Waals surface area contributed by atoms with Gasteiger partial charge in [0.1, 0.15) is 10.9 Å². The molecule has 3 rings (SSSR count). The number of benzene rings is 1. The van der Waals surface area contributed by atoms with Gasteiger partial charge in [-0.2, -0.15) is 0 Å². The minimum Gasteiger partial charge on any atom is -0.262 e. The molecule has 0 saturated carbocycles. The Bertz CT molecular complexity index is 720. The van der Waals surface area contributed by atoms with E-state index in [0.717, 1.165) is 38.9 Å². The van der Waals surface area contributed by atoms with Gasteiger partial charge in [-0.1, -0.05) is 25.1 Å². The number of hydrogen-bond acceptors (Lipinski definition) is 4. The van der Waals surface area contributed by atoms with E-state index in [1.165, 1.54) is 11.8 Å². The molecule has 0 amide bonds. The van der Waals surface area contributed by atoms with Gasteiger partial charge in [0.25, 0.3) is 0 Å². The van der Waals surface area contributed by atoms with E-state index in [9.17, 15) is 0 Å². The van der Waals surface area contributed by atoms with Crippen LogP contribution in [0.15, 0.2) is 40.5 Å². The third kappa shape index (κ3) is 2.46. The third-order valence-corrected chi connectivity index (χ3v) is 3.87. The van der Waals surface area contributed by atoms with Gasteiger partial charge in [-0.3, -0.25) is 5.10 Å². The molecular weight excluding hydrogens is 256 g/mol. The molecule has 0 saturated heterocycles. The van der Waals surface area contributed by atoms with Gasteiger partial charge < -0.3 is 0 Å². The molecule has 0 aliphatic carbocycles. The molecule has 1 N–H and O–H groups in total. The molecule has 2 aromatic heterocycles. The Hall–Kier alpha value is -1.88. The number of hydrogen-bond donors (Lipinski definition) is 1. The molecule has 5 heteroatoms. The normalized spacial score (nSPS) is 11.1. The van der Waals surface area contributed by atoms with Crippen molar-refractivity contribution in [1.29, 1.82) is 0 Å². The Kier molecular flexibility index (Phi) is 3.21. The van der Waals surface area contributed by atoms with Crippen molar-refractivity contribution >= 4 is 22.7 Å². The van der Waals surface area contributed by atoms with E-state index in [4.69, 9.17) is 0 Å². The largest absolute Gasteiger partial charge is 0.262 e. The van der Waals surface area contributed by atoms with E-state index >= 15 is 0 Å². The molecule has 0 atom stereocenters. The lowest BCUT2D eigenvalue weighted by Gasteiger charge is -2.04. The van der Waals surface area contributed by atoms with Crippen molar-refractivity contribution in [2.75, 3.05) is 0 Å². The smallest absolute Gasteiger partial charge is 0.214 e. The number of aryl methyl sites for hydroxylation is 2. The second-order valence-electron chi connectivity index (χ2n) is 4.32. The van der Waals surface area contributed by atoms with Crippen LogP contribution in [0.25, 0.3) is 10.9 Å². The molecule has 0 unspecified atom stereocenters. The summed E-state index contributed by atoms with van der Waals surface area (Å²) in [7, 11) is 0. The van der Waals surface area contributed by atoms with Crippen LogP contribution in [0, 0.1) is 6.92 Å². The van der Waals surface area contributed by atoms with Crippen molar-refractivity contribution in [3.8, 4) is 0 Å². The molecule has 0 aliphatic heterocycles. The first-order chi connectivity index (χ1) is 9.26. The van der Waals surface area contributed by atoms with Gasteiger partial charge in [0.15, 0.2) is 0 Å². The number of H-pyrrole nitrogens is 1. The molecular formula is C14H14N4S. The van der Waals surface area contributed by atoms with E-state index in [0.29, 0.717) is 0 Å². The predicted octanol–water partition coefficient (Wildman–Crippen LogP) is 3.37. The van der Waals surface area contributed by atoms with Gasteiger partial charge in [-0.25, -0.2) is 9.97 Å². The lowest BCUT2D eigenvalue weighted by Crippen LogP contribution is -1.88. The summed E-state index contributed by atoms with van der Waals surface area (Å²) >= 11 is 1.50. The highest BCUT2D eigenvalue weighted by atomic mass is 32.2. The van der Waals surface area contributed by atoms with E-state index in [1.54, 1.807) is 0 Å². The summed E-state index contributed by atoms with van der Waals surface area (Å²) < 4.78 is 0. The van der Waals surface area contributed by atoms with Crippen LogP contribution in [0.5, 0.6) is 0 Å². The van der Waals surface area contributed by atoms with Crippen LogP contribution in [0.4, 0.5) is 0 Å². The van der Waals surface area contributed by atoms with Crippen molar-refractivity contribution in [1.82, 2.24) is 20.2 Å². The monoisotopic (exact) mass is 270 g/mol. The van der Waals surface area contributed by atoms with E-state index < -0.39 is 0 Å². The van der Waals surface area contributed by atoms with Crippen LogP contribution in [-0.2, 0) is 6.42 Å². The zero-order valence-electron chi connectivity index (χ0n) is 10.8. The second-order valence-corrected chi connectivity index (χ2v) is 5.28. The van der Waals surface area contributed by atoms with Crippen LogP contribution >= 0.6 is 11.8 Å². The van der Waals surface area contributed by atoms with Gasteiger partial charge in [-0.15, -0.1) is 5.10 Å². The highest BCUT2D eigenvalue weighted by Gasteiger charge is 2.09. The number of aromatic amines is 1. The van der Waals surface area contributed by atoms with Crippen molar-refractivity contribution < 1.29 is 0 Å². The van der Waals surface area contributed by atoms with Crippen LogP contribution in [-0.4, -0.2) is 20.2 Å². The number of para-hydroxylation sites is 1. The fraction of sp³-hybridized carbons (Fsp3) is 0.214. The summed E-state index contributed by atoms with van der Waals surface area (Å²) in [6.45, 7) is 4.11. The molecule has 0 radical (unpaired) electrons. The van der Waals surface area contributed by atoms with Gasteiger partial charge >= 0.3 is 0 Å². The van der Waals surface area contributed by atoms with Gasteiger partial charge in [-0.05, 0) is 36.4 Å². The number of pyridine rings is 1. The summed E-state index contributed by atoms with van der Waals surface area (Å²) in [4.78, 5) is 9.08. The fourth-order valence-corrected chi connectivity index (χ4v) is 2.66. The molecule has 3 aromatic rings. The minimum atomic E-state index is 0.725. The summed E-state index contributed by atoms with van der Waals surface area (Å²) in [6, 6.07) is 10.3. The van der Waals surface area contributed by atoms with Crippen LogP contribution in [0.1, 0.15) is 18.3 Å².